The Morgan fingerprint density at radius 1 is 1.21 bits per heavy atom. The topological polar surface area (TPSA) is 30.2 Å². The molecule has 0 saturated carbocycles. The molecule has 0 amide bonds. The average molecular weight is 316 g/mol. The summed E-state index contributed by atoms with van der Waals surface area (Å²) in [5, 5.41) is 4.59. The average Bonchev–Trinajstić information content (AvgIpc) is 2.84. The number of aromatic nitrogens is 3. The van der Waals surface area contributed by atoms with E-state index in [4.69, 9.17) is 0 Å². The first-order valence-electron chi connectivity index (χ1n) is 6.31. The third-order valence-electron chi connectivity index (χ3n) is 3.27. The first kappa shape index (κ1) is 12.4. The van der Waals surface area contributed by atoms with E-state index in [1.807, 2.05) is 34.8 Å². The molecule has 0 bridgehead atoms. The summed E-state index contributed by atoms with van der Waals surface area (Å²) >= 11 is 3.64. The third-order valence-corrected chi connectivity index (χ3v) is 4.09. The Kier molecular flexibility index (Phi) is 3.11. The van der Waals surface area contributed by atoms with Gasteiger partial charge in [-0.3, -0.25) is 0 Å². The van der Waals surface area contributed by atoms with E-state index in [1.54, 1.807) is 0 Å². The summed E-state index contributed by atoms with van der Waals surface area (Å²) in [5.74, 6) is 0.758. The molecule has 0 aliphatic rings. The molecule has 0 aliphatic carbocycles. The molecular formula is C15H14BrN3. The van der Waals surface area contributed by atoms with Crippen molar-refractivity contribution in [2.75, 3.05) is 0 Å². The molecule has 3 aromatic rings. The molecule has 19 heavy (non-hydrogen) atoms. The van der Waals surface area contributed by atoms with Crippen molar-refractivity contribution in [2.45, 2.75) is 20.3 Å². The first-order valence-corrected chi connectivity index (χ1v) is 7.10. The maximum atomic E-state index is 4.60. The van der Waals surface area contributed by atoms with Gasteiger partial charge in [-0.15, -0.1) is 5.10 Å². The predicted octanol–water partition coefficient (Wildman–Crippen LogP) is 4.03. The number of halogens is 1. The van der Waals surface area contributed by atoms with Crippen LogP contribution < -0.4 is 0 Å². The highest BCUT2D eigenvalue weighted by Gasteiger charge is 2.12. The van der Waals surface area contributed by atoms with Crippen LogP contribution in [0.25, 0.3) is 17.0 Å². The largest absolute Gasteiger partial charge is 0.207 e. The van der Waals surface area contributed by atoms with Gasteiger partial charge in [0.05, 0.1) is 0 Å². The Balaban J connectivity index is 2.24. The Morgan fingerprint density at radius 2 is 1.95 bits per heavy atom. The van der Waals surface area contributed by atoms with Gasteiger partial charge < -0.3 is 0 Å². The van der Waals surface area contributed by atoms with Gasteiger partial charge in [-0.05, 0) is 46.5 Å². The van der Waals surface area contributed by atoms with Crippen molar-refractivity contribution in [1.82, 2.24) is 14.6 Å². The second-order valence-corrected chi connectivity index (χ2v) is 5.27. The number of pyridine rings is 1. The summed E-state index contributed by atoms with van der Waals surface area (Å²) in [6.45, 7) is 4.26. The monoisotopic (exact) mass is 315 g/mol. The molecule has 4 heteroatoms. The van der Waals surface area contributed by atoms with Crippen LogP contribution in [0.15, 0.2) is 41.0 Å². The summed E-state index contributed by atoms with van der Waals surface area (Å²) in [7, 11) is 0. The Labute approximate surface area is 120 Å². The van der Waals surface area contributed by atoms with Crippen molar-refractivity contribution >= 4 is 21.6 Å². The molecule has 0 saturated heterocycles. The minimum absolute atomic E-state index is 0.758. The van der Waals surface area contributed by atoms with Gasteiger partial charge in [0.15, 0.2) is 11.5 Å². The van der Waals surface area contributed by atoms with Crippen molar-refractivity contribution in [1.29, 1.82) is 0 Å². The lowest BCUT2D eigenvalue weighted by atomic mass is 10.1. The van der Waals surface area contributed by atoms with E-state index in [-0.39, 0.29) is 0 Å². The van der Waals surface area contributed by atoms with Gasteiger partial charge >= 0.3 is 0 Å². The number of rotatable bonds is 2. The number of benzene rings is 1. The zero-order valence-corrected chi connectivity index (χ0v) is 12.5. The molecule has 0 radical (unpaired) electrons. The van der Waals surface area contributed by atoms with Gasteiger partial charge in [-0.2, -0.15) is 0 Å². The second kappa shape index (κ2) is 4.78. The lowest BCUT2D eigenvalue weighted by molar-refractivity contribution is 0.902. The van der Waals surface area contributed by atoms with Crippen LogP contribution >= 0.6 is 15.9 Å². The molecule has 3 nitrogen and oxygen atoms in total. The van der Waals surface area contributed by atoms with Gasteiger partial charge in [0.25, 0.3) is 0 Å². The molecule has 2 heterocycles. The van der Waals surface area contributed by atoms with Crippen molar-refractivity contribution < 1.29 is 0 Å². The molecule has 0 unspecified atom stereocenters. The maximum Gasteiger partial charge on any atom is 0.182 e. The van der Waals surface area contributed by atoms with E-state index < -0.39 is 0 Å². The molecule has 0 aliphatic heterocycles. The standard InChI is InChI=1S/C15H14BrN3/c1-3-12-10(2)9-13-17-15(18-19(13)14(12)16)11-7-5-4-6-8-11/h4-9H,3H2,1-2H3. The van der Waals surface area contributed by atoms with E-state index in [0.29, 0.717) is 0 Å². The lowest BCUT2D eigenvalue weighted by Gasteiger charge is -2.06. The summed E-state index contributed by atoms with van der Waals surface area (Å²) in [4.78, 5) is 4.60. The van der Waals surface area contributed by atoms with Crippen LogP contribution in [0, 0.1) is 6.92 Å². The molecule has 0 fully saturated rings. The molecule has 0 spiro atoms. The molecular weight excluding hydrogens is 302 g/mol. The van der Waals surface area contributed by atoms with Gasteiger partial charge in [-0.25, -0.2) is 9.50 Å². The van der Waals surface area contributed by atoms with Crippen molar-refractivity contribution in [3.05, 3.63) is 52.1 Å². The van der Waals surface area contributed by atoms with Gasteiger partial charge in [-0.1, -0.05) is 37.3 Å². The van der Waals surface area contributed by atoms with Crippen LogP contribution in [0.4, 0.5) is 0 Å². The van der Waals surface area contributed by atoms with E-state index >= 15 is 0 Å². The Hall–Kier alpha value is -1.68. The fraction of sp³-hybridized carbons (Fsp3) is 0.200. The number of nitrogens with zero attached hydrogens (tertiary/aromatic N) is 3. The minimum atomic E-state index is 0.758. The summed E-state index contributed by atoms with van der Waals surface area (Å²) < 4.78 is 2.87. The first-order chi connectivity index (χ1) is 9.20. The summed E-state index contributed by atoms with van der Waals surface area (Å²) in [6, 6.07) is 12.1. The smallest absolute Gasteiger partial charge is 0.182 e. The van der Waals surface area contributed by atoms with E-state index in [2.05, 4.69) is 45.9 Å². The predicted molar refractivity (Wildman–Crippen MR) is 80.2 cm³/mol. The van der Waals surface area contributed by atoms with Crippen LogP contribution in [-0.2, 0) is 6.42 Å². The van der Waals surface area contributed by atoms with Crippen LogP contribution in [0.1, 0.15) is 18.1 Å². The van der Waals surface area contributed by atoms with Gasteiger partial charge in [0, 0.05) is 5.56 Å². The van der Waals surface area contributed by atoms with Gasteiger partial charge in [0.1, 0.15) is 4.60 Å². The van der Waals surface area contributed by atoms with E-state index in [0.717, 1.165) is 28.1 Å². The summed E-state index contributed by atoms with van der Waals surface area (Å²) in [5.41, 5.74) is 4.43. The quantitative estimate of drug-likeness (QED) is 0.668. The normalized spacial score (nSPS) is 11.1. The molecule has 0 atom stereocenters. The second-order valence-electron chi connectivity index (χ2n) is 4.52. The number of fused-ring (bicyclic) bond motifs is 1. The molecule has 0 N–H and O–H groups in total. The molecule has 96 valence electrons. The van der Waals surface area contributed by atoms with Crippen molar-refractivity contribution in [3.63, 3.8) is 0 Å². The minimum Gasteiger partial charge on any atom is -0.207 e. The fourth-order valence-corrected chi connectivity index (χ4v) is 3.12. The maximum absolute atomic E-state index is 4.60. The zero-order valence-electron chi connectivity index (χ0n) is 10.9. The highest BCUT2D eigenvalue weighted by atomic mass is 79.9. The molecule has 2 aromatic heterocycles. The fourth-order valence-electron chi connectivity index (χ4n) is 2.27. The highest BCUT2D eigenvalue weighted by Crippen LogP contribution is 2.25. The summed E-state index contributed by atoms with van der Waals surface area (Å²) in [6.07, 6.45) is 0.975. The number of hydrogen-bond acceptors (Lipinski definition) is 2. The van der Waals surface area contributed by atoms with E-state index in [1.165, 1.54) is 11.1 Å². The molecule has 3 rings (SSSR count). The van der Waals surface area contributed by atoms with E-state index in [9.17, 15) is 0 Å². The Bertz CT molecular complexity index is 732. The number of aryl methyl sites for hydroxylation is 1. The van der Waals surface area contributed by atoms with Crippen LogP contribution in [-0.4, -0.2) is 14.6 Å². The molecule has 1 aromatic carbocycles. The van der Waals surface area contributed by atoms with Crippen molar-refractivity contribution in [3.8, 4) is 11.4 Å². The zero-order chi connectivity index (χ0) is 13.4. The van der Waals surface area contributed by atoms with Gasteiger partial charge in [0.2, 0.25) is 0 Å². The van der Waals surface area contributed by atoms with Crippen LogP contribution in [0.2, 0.25) is 0 Å². The van der Waals surface area contributed by atoms with Crippen molar-refractivity contribution in [2.24, 2.45) is 0 Å². The third kappa shape index (κ3) is 2.06. The van der Waals surface area contributed by atoms with Crippen LogP contribution in [0.5, 0.6) is 0 Å². The number of hydrogen-bond donors (Lipinski definition) is 0. The van der Waals surface area contributed by atoms with Crippen LogP contribution in [0.3, 0.4) is 0 Å². The SMILES string of the molecule is CCc1c(C)cc2nc(-c3ccccc3)nn2c1Br. The Morgan fingerprint density at radius 3 is 2.63 bits per heavy atom. The lowest BCUT2D eigenvalue weighted by Crippen LogP contribution is -1.98. The highest BCUT2D eigenvalue weighted by molar-refractivity contribution is 9.10.